The van der Waals surface area contributed by atoms with E-state index in [9.17, 15) is 0 Å². The number of rotatable bonds is 2. The van der Waals surface area contributed by atoms with E-state index in [0.29, 0.717) is 0 Å². The minimum atomic E-state index is -0.0118. The van der Waals surface area contributed by atoms with E-state index in [-0.39, 0.29) is 5.54 Å². The lowest BCUT2D eigenvalue weighted by atomic mass is 9.86. The molecule has 1 aromatic rings. The first-order valence-corrected chi connectivity index (χ1v) is 6.46. The van der Waals surface area contributed by atoms with Crippen molar-refractivity contribution in [3.05, 3.63) is 27.8 Å². The van der Waals surface area contributed by atoms with Crippen LogP contribution >= 0.6 is 11.6 Å². The smallest absolute Gasteiger partial charge is 0.125 e. The molecule has 2 rings (SSSR count). The van der Waals surface area contributed by atoms with Crippen LogP contribution in [0.3, 0.4) is 0 Å². The van der Waals surface area contributed by atoms with Crippen LogP contribution in [0.25, 0.3) is 0 Å². The first-order chi connectivity index (χ1) is 7.99. The van der Waals surface area contributed by atoms with E-state index >= 15 is 0 Å². The van der Waals surface area contributed by atoms with Gasteiger partial charge in [0.25, 0.3) is 0 Å². The summed E-state index contributed by atoms with van der Waals surface area (Å²) in [6.45, 7) is 7.41. The molecule has 0 bridgehead atoms. The molecule has 17 heavy (non-hydrogen) atoms. The Morgan fingerprint density at radius 2 is 2.12 bits per heavy atom. The van der Waals surface area contributed by atoms with Gasteiger partial charge in [-0.2, -0.15) is 0 Å². The topological polar surface area (TPSA) is 21.3 Å². The molecule has 1 aliphatic rings. The second-order valence-electron chi connectivity index (χ2n) is 5.07. The molecule has 1 unspecified atom stereocenters. The molecular weight excluding hydrogens is 234 g/mol. The number of ether oxygens (including phenoxy) is 1. The summed E-state index contributed by atoms with van der Waals surface area (Å²) >= 11 is 6.44. The maximum absolute atomic E-state index is 6.44. The number of halogens is 1. The van der Waals surface area contributed by atoms with Gasteiger partial charge in [0, 0.05) is 10.6 Å². The van der Waals surface area contributed by atoms with Gasteiger partial charge in [-0.1, -0.05) is 11.6 Å². The minimum Gasteiger partial charge on any atom is -0.496 e. The minimum absolute atomic E-state index is 0.0118. The van der Waals surface area contributed by atoms with E-state index in [2.05, 4.69) is 19.2 Å². The largest absolute Gasteiger partial charge is 0.496 e. The third-order valence-electron chi connectivity index (χ3n) is 3.78. The lowest BCUT2D eigenvalue weighted by molar-refractivity contribution is 0.397. The fourth-order valence-electron chi connectivity index (χ4n) is 3.02. The summed E-state index contributed by atoms with van der Waals surface area (Å²) < 4.78 is 5.49. The van der Waals surface area contributed by atoms with E-state index < -0.39 is 0 Å². The zero-order chi connectivity index (χ0) is 12.6. The van der Waals surface area contributed by atoms with E-state index in [0.717, 1.165) is 34.9 Å². The Morgan fingerprint density at radius 1 is 1.41 bits per heavy atom. The highest BCUT2D eigenvalue weighted by Gasteiger charge is 2.34. The van der Waals surface area contributed by atoms with Crippen LogP contribution in [0.5, 0.6) is 5.75 Å². The van der Waals surface area contributed by atoms with Crippen molar-refractivity contribution in [2.75, 3.05) is 13.7 Å². The predicted molar refractivity (Wildman–Crippen MR) is 72.1 cm³/mol. The van der Waals surface area contributed by atoms with Gasteiger partial charge in [-0.25, -0.2) is 0 Å². The van der Waals surface area contributed by atoms with Crippen LogP contribution in [0.2, 0.25) is 5.02 Å². The van der Waals surface area contributed by atoms with Crippen molar-refractivity contribution in [3.63, 3.8) is 0 Å². The molecule has 1 aromatic carbocycles. The van der Waals surface area contributed by atoms with Gasteiger partial charge in [-0.05, 0) is 62.9 Å². The van der Waals surface area contributed by atoms with Gasteiger partial charge in [0.15, 0.2) is 0 Å². The molecule has 0 aliphatic carbocycles. The van der Waals surface area contributed by atoms with E-state index in [1.165, 1.54) is 12.0 Å². The third kappa shape index (κ3) is 2.04. The molecule has 1 heterocycles. The third-order valence-corrected chi connectivity index (χ3v) is 4.08. The number of hydrogen-bond donors (Lipinski definition) is 1. The summed E-state index contributed by atoms with van der Waals surface area (Å²) in [5, 5.41) is 4.41. The van der Waals surface area contributed by atoms with E-state index in [1.807, 2.05) is 13.0 Å². The standard InChI is InChI=1S/C14H20ClNO/c1-9-8-11(15)12(10(2)13(9)17-4)14(3)6-5-7-16-14/h8,16H,5-7H2,1-4H3. The van der Waals surface area contributed by atoms with Crippen LogP contribution in [-0.2, 0) is 5.54 Å². The average Bonchev–Trinajstić information content (AvgIpc) is 2.65. The summed E-state index contributed by atoms with van der Waals surface area (Å²) in [6.07, 6.45) is 2.32. The van der Waals surface area contributed by atoms with Crippen LogP contribution in [0.15, 0.2) is 6.07 Å². The van der Waals surface area contributed by atoms with Crippen molar-refractivity contribution in [2.45, 2.75) is 39.2 Å². The maximum Gasteiger partial charge on any atom is 0.125 e. The van der Waals surface area contributed by atoms with Gasteiger partial charge in [-0.3, -0.25) is 0 Å². The van der Waals surface area contributed by atoms with Crippen LogP contribution in [0.1, 0.15) is 36.5 Å². The highest BCUT2D eigenvalue weighted by atomic mass is 35.5. The normalized spacial score (nSPS) is 24.1. The number of methoxy groups -OCH3 is 1. The molecule has 1 N–H and O–H groups in total. The molecule has 0 spiro atoms. The number of nitrogens with one attached hydrogen (secondary N) is 1. The van der Waals surface area contributed by atoms with E-state index in [4.69, 9.17) is 16.3 Å². The molecule has 0 amide bonds. The van der Waals surface area contributed by atoms with Gasteiger partial charge in [0.1, 0.15) is 5.75 Å². The molecule has 1 atom stereocenters. The van der Waals surface area contributed by atoms with Gasteiger partial charge in [-0.15, -0.1) is 0 Å². The summed E-state index contributed by atoms with van der Waals surface area (Å²) in [5.74, 6) is 0.958. The second kappa shape index (κ2) is 4.51. The Kier molecular flexibility index (Phi) is 3.37. The highest BCUT2D eigenvalue weighted by molar-refractivity contribution is 6.31. The molecule has 3 heteroatoms. The predicted octanol–water partition coefficient (Wildman–Crippen LogP) is 3.56. The maximum atomic E-state index is 6.44. The molecule has 2 nitrogen and oxygen atoms in total. The van der Waals surface area contributed by atoms with Crippen LogP contribution < -0.4 is 10.1 Å². The Labute approximate surface area is 108 Å². The van der Waals surface area contributed by atoms with Gasteiger partial charge >= 0.3 is 0 Å². The monoisotopic (exact) mass is 253 g/mol. The van der Waals surface area contributed by atoms with Gasteiger partial charge in [0.2, 0.25) is 0 Å². The van der Waals surface area contributed by atoms with Crippen molar-refractivity contribution in [1.29, 1.82) is 0 Å². The van der Waals surface area contributed by atoms with Crippen molar-refractivity contribution >= 4 is 11.6 Å². The number of hydrogen-bond acceptors (Lipinski definition) is 2. The van der Waals surface area contributed by atoms with Crippen molar-refractivity contribution in [1.82, 2.24) is 5.32 Å². The van der Waals surface area contributed by atoms with Gasteiger partial charge < -0.3 is 10.1 Å². The highest BCUT2D eigenvalue weighted by Crippen LogP contribution is 2.41. The Balaban J connectivity index is 2.60. The Morgan fingerprint density at radius 3 is 2.65 bits per heavy atom. The average molecular weight is 254 g/mol. The summed E-state index contributed by atoms with van der Waals surface area (Å²) in [4.78, 5) is 0. The zero-order valence-electron chi connectivity index (χ0n) is 11.0. The molecule has 0 saturated carbocycles. The van der Waals surface area contributed by atoms with Crippen molar-refractivity contribution < 1.29 is 4.74 Å². The second-order valence-corrected chi connectivity index (χ2v) is 5.48. The van der Waals surface area contributed by atoms with Crippen LogP contribution in [-0.4, -0.2) is 13.7 Å². The van der Waals surface area contributed by atoms with Crippen LogP contribution in [0.4, 0.5) is 0 Å². The molecule has 0 aromatic heterocycles. The summed E-state index contributed by atoms with van der Waals surface area (Å²) in [6, 6.07) is 2.01. The van der Waals surface area contributed by atoms with Crippen molar-refractivity contribution in [2.24, 2.45) is 0 Å². The molecule has 1 saturated heterocycles. The SMILES string of the molecule is COc1c(C)cc(Cl)c(C2(C)CCCN2)c1C. The first kappa shape index (κ1) is 12.7. The fraction of sp³-hybridized carbons (Fsp3) is 0.571. The molecular formula is C14H20ClNO. The zero-order valence-corrected chi connectivity index (χ0v) is 11.7. The lowest BCUT2D eigenvalue weighted by Gasteiger charge is -2.29. The number of benzene rings is 1. The fourth-order valence-corrected chi connectivity index (χ4v) is 3.53. The molecule has 1 aliphatic heterocycles. The summed E-state index contributed by atoms with van der Waals surface area (Å²) in [5.41, 5.74) is 3.44. The molecule has 1 fully saturated rings. The Bertz CT molecular complexity index is 436. The lowest BCUT2D eigenvalue weighted by Crippen LogP contribution is -2.34. The van der Waals surface area contributed by atoms with E-state index in [1.54, 1.807) is 7.11 Å². The van der Waals surface area contributed by atoms with Crippen molar-refractivity contribution in [3.8, 4) is 5.75 Å². The van der Waals surface area contributed by atoms with Crippen LogP contribution in [0, 0.1) is 13.8 Å². The first-order valence-electron chi connectivity index (χ1n) is 6.09. The number of aryl methyl sites for hydroxylation is 1. The molecule has 94 valence electrons. The van der Waals surface area contributed by atoms with Gasteiger partial charge in [0.05, 0.1) is 7.11 Å². The quantitative estimate of drug-likeness (QED) is 0.870. The Hall–Kier alpha value is -0.730. The summed E-state index contributed by atoms with van der Waals surface area (Å²) in [7, 11) is 1.72. The molecule has 0 radical (unpaired) electrons.